The van der Waals surface area contributed by atoms with Crippen LogP contribution in [0, 0.1) is 17.2 Å². The molecule has 0 saturated carbocycles. The van der Waals surface area contributed by atoms with Gasteiger partial charge in [0.2, 0.25) is 0 Å². The van der Waals surface area contributed by atoms with Crippen LogP contribution in [-0.2, 0) is 4.74 Å². The van der Waals surface area contributed by atoms with Crippen LogP contribution < -0.4 is 0 Å². The van der Waals surface area contributed by atoms with Crippen LogP contribution in [0.15, 0.2) is 15.9 Å². The molecular formula is C9H8BrNOS. The molecule has 0 aromatic carbocycles. The fourth-order valence-electron chi connectivity index (χ4n) is 1.49. The molecule has 1 aliphatic heterocycles. The van der Waals surface area contributed by atoms with E-state index in [9.17, 15) is 0 Å². The maximum Gasteiger partial charge on any atom is 0.109 e. The Morgan fingerprint density at radius 3 is 3.15 bits per heavy atom. The van der Waals surface area contributed by atoms with Crippen LogP contribution in [0.4, 0.5) is 0 Å². The molecule has 2 rings (SSSR count). The average molecular weight is 258 g/mol. The van der Waals surface area contributed by atoms with Crippen molar-refractivity contribution in [2.75, 3.05) is 6.61 Å². The van der Waals surface area contributed by atoms with E-state index < -0.39 is 0 Å². The Hall–Kier alpha value is -0.370. The Balaban J connectivity index is 2.27. The van der Waals surface area contributed by atoms with Crippen molar-refractivity contribution in [3.8, 4) is 6.07 Å². The van der Waals surface area contributed by atoms with Crippen molar-refractivity contribution < 1.29 is 4.74 Å². The molecule has 2 unspecified atom stereocenters. The van der Waals surface area contributed by atoms with Gasteiger partial charge in [-0.2, -0.15) is 5.26 Å². The minimum absolute atomic E-state index is 0.0145. The van der Waals surface area contributed by atoms with Crippen LogP contribution in [0.1, 0.15) is 17.4 Å². The van der Waals surface area contributed by atoms with Crippen molar-refractivity contribution in [1.29, 1.82) is 5.26 Å². The van der Waals surface area contributed by atoms with Gasteiger partial charge in [0, 0.05) is 16.0 Å². The van der Waals surface area contributed by atoms with Crippen molar-refractivity contribution >= 4 is 27.3 Å². The smallest absolute Gasteiger partial charge is 0.109 e. The Kier molecular flexibility index (Phi) is 2.68. The zero-order chi connectivity index (χ0) is 9.26. The van der Waals surface area contributed by atoms with Gasteiger partial charge in [0.25, 0.3) is 0 Å². The first kappa shape index (κ1) is 9.20. The summed E-state index contributed by atoms with van der Waals surface area (Å²) in [7, 11) is 0. The molecule has 1 fully saturated rings. The molecule has 1 saturated heterocycles. The van der Waals surface area contributed by atoms with E-state index in [1.165, 1.54) is 0 Å². The van der Waals surface area contributed by atoms with Gasteiger partial charge in [-0.25, -0.2) is 0 Å². The minimum Gasteiger partial charge on any atom is -0.371 e. The number of nitriles is 1. The van der Waals surface area contributed by atoms with E-state index in [4.69, 9.17) is 10.00 Å². The number of ether oxygens (including phenoxy) is 1. The quantitative estimate of drug-likeness (QED) is 0.775. The second-order valence-electron chi connectivity index (χ2n) is 2.95. The van der Waals surface area contributed by atoms with Gasteiger partial charge in [-0.15, -0.1) is 11.3 Å². The minimum atomic E-state index is -0.0145. The Labute approximate surface area is 89.3 Å². The summed E-state index contributed by atoms with van der Waals surface area (Å²) in [4.78, 5) is 1.14. The summed E-state index contributed by atoms with van der Waals surface area (Å²) in [6, 6.07) is 4.29. The van der Waals surface area contributed by atoms with Crippen LogP contribution in [0.25, 0.3) is 0 Å². The molecule has 0 bridgehead atoms. The normalized spacial score (nSPS) is 27.4. The fourth-order valence-corrected chi connectivity index (χ4v) is 3.20. The summed E-state index contributed by atoms with van der Waals surface area (Å²) < 4.78 is 6.60. The lowest BCUT2D eigenvalue weighted by Gasteiger charge is -2.10. The molecule has 1 aliphatic rings. The van der Waals surface area contributed by atoms with E-state index in [0.29, 0.717) is 6.61 Å². The molecule has 0 aliphatic carbocycles. The predicted octanol–water partition coefficient (Wildman–Crippen LogP) is 3.11. The molecule has 1 aromatic rings. The highest BCUT2D eigenvalue weighted by Gasteiger charge is 2.31. The second-order valence-corrected chi connectivity index (χ2v) is 4.75. The second kappa shape index (κ2) is 3.79. The lowest BCUT2D eigenvalue weighted by atomic mass is 10.0. The molecule has 0 amide bonds. The molecule has 0 radical (unpaired) electrons. The summed E-state index contributed by atoms with van der Waals surface area (Å²) in [5.74, 6) is 0.0231. The lowest BCUT2D eigenvalue weighted by molar-refractivity contribution is 0.103. The van der Waals surface area contributed by atoms with E-state index in [1.807, 2.05) is 11.4 Å². The zero-order valence-corrected chi connectivity index (χ0v) is 9.27. The first-order valence-corrected chi connectivity index (χ1v) is 5.74. The van der Waals surface area contributed by atoms with Crippen molar-refractivity contribution in [2.45, 2.75) is 12.5 Å². The van der Waals surface area contributed by atoms with Gasteiger partial charge in [-0.05, 0) is 33.8 Å². The summed E-state index contributed by atoms with van der Waals surface area (Å²) >= 11 is 5.10. The molecule has 68 valence electrons. The van der Waals surface area contributed by atoms with Crippen molar-refractivity contribution in [3.05, 3.63) is 20.8 Å². The third-order valence-corrected chi connectivity index (χ3v) is 4.09. The van der Waals surface area contributed by atoms with Gasteiger partial charge in [-0.1, -0.05) is 0 Å². The first-order chi connectivity index (χ1) is 6.33. The molecule has 13 heavy (non-hydrogen) atoms. The van der Waals surface area contributed by atoms with Crippen LogP contribution in [-0.4, -0.2) is 6.61 Å². The van der Waals surface area contributed by atoms with E-state index in [1.54, 1.807) is 11.3 Å². The van der Waals surface area contributed by atoms with Gasteiger partial charge < -0.3 is 4.74 Å². The molecule has 0 N–H and O–H groups in total. The number of thiophene rings is 1. The van der Waals surface area contributed by atoms with Crippen LogP contribution in [0.3, 0.4) is 0 Å². The molecule has 1 aromatic heterocycles. The monoisotopic (exact) mass is 257 g/mol. The number of hydrogen-bond acceptors (Lipinski definition) is 3. The number of nitrogens with zero attached hydrogens (tertiary/aromatic N) is 1. The Morgan fingerprint density at radius 1 is 1.69 bits per heavy atom. The van der Waals surface area contributed by atoms with E-state index in [-0.39, 0.29) is 12.0 Å². The van der Waals surface area contributed by atoms with Gasteiger partial charge in [0.1, 0.15) is 6.10 Å². The molecule has 4 heteroatoms. The highest BCUT2D eigenvalue weighted by Crippen LogP contribution is 2.40. The molecule has 2 atom stereocenters. The maximum absolute atomic E-state index is 8.89. The summed E-state index contributed by atoms with van der Waals surface area (Å²) in [5, 5.41) is 10.9. The number of hydrogen-bond donors (Lipinski definition) is 0. The van der Waals surface area contributed by atoms with Crippen LogP contribution in [0.5, 0.6) is 0 Å². The SMILES string of the molecule is N#CC1CCOC1c1sccc1Br. The predicted molar refractivity (Wildman–Crippen MR) is 54.4 cm³/mol. The van der Waals surface area contributed by atoms with Gasteiger partial charge >= 0.3 is 0 Å². The third-order valence-electron chi connectivity index (χ3n) is 2.16. The Morgan fingerprint density at radius 2 is 2.54 bits per heavy atom. The summed E-state index contributed by atoms with van der Waals surface area (Å²) in [5.41, 5.74) is 0. The van der Waals surface area contributed by atoms with E-state index in [2.05, 4.69) is 22.0 Å². The van der Waals surface area contributed by atoms with Gasteiger partial charge in [0.15, 0.2) is 0 Å². The maximum atomic E-state index is 8.89. The fraction of sp³-hybridized carbons (Fsp3) is 0.444. The largest absolute Gasteiger partial charge is 0.371 e. The summed E-state index contributed by atoms with van der Waals surface area (Å²) in [6.07, 6.45) is 0.838. The highest BCUT2D eigenvalue weighted by atomic mass is 79.9. The van der Waals surface area contributed by atoms with E-state index in [0.717, 1.165) is 15.8 Å². The van der Waals surface area contributed by atoms with Gasteiger partial charge in [-0.3, -0.25) is 0 Å². The number of rotatable bonds is 1. The van der Waals surface area contributed by atoms with Crippen LogP contribution >= 0.6 is 27.3 Å². The lowest BCUT2D eigenvalue weighted by Crippen LogP contribution is -2.03. The Bertz CT molecular complexity index is 344. The van der Waals surface area contributed by atoms with Crippen molar-refractivity contribution in [2.24, 2.45) is 5.92 Å². The summed E-state index contributed by atoms with van der Waals surface area (Å²) in [6.45, 7) is 0.702. The molecule has 2 nitrogen and oxygen atoms in total. The highest BCUT2D eigenvalue weighted by molar-refractivity contribution is 9.10. The zero-order valence-electron chi connectivity index (χ0n) is 6.87. The average Bonchev–Trinajstić information content (AvgIpc) is 2.71. The van der Waals surface area contributed by atoms with Crippen molar-refractivity contribution in [1.82, 2.24) is 0 Å². The first-order valence-electron chi connectivity index (χ1n) is 4.07. The van der Waals surface area contributed by atoms with Crippen molar-refractivity contribution in [3.63, 3.8) is 0 Å². The molecular weight excluding hydrogens is 250 g/mol. The van der Waals surface area contributed by atoms with Crippen LogP contribution in [0.2, 0.25) is 0 Å². The number of halogens is 1. The standard InChI is InChI=1S/C9H8BrNOS/c10-7-2-4-13-9(7)8-6(5-11)1-3-12-8/h2,4,6,8H,1,3H2. The van der Waals surface area contributed by atoms with E-state index >= 15 is 0 Å². The molecule has 0 spiro atoms. The van der Waals surface area contributed by atoms with Gasteiger partial charge in [0.05, 0.1) is 12.0 Å². The molecule has 2 heterocycles. The topological polar surface area (TPSA) is 33.0 Å². The third kappa shape index (κ3) is 1.64.